The molecule has 0 heterocycles. The Labute approximate surface area is 116 Å². The molecular formula is C14H20O4S. The number of hydrogen-bond donors (Lipinski definition) is 1. The van der Waals surface area contributed by atoms with E-state index in [4.69, 9.17) is 9.29 Å². The van der Waals surface area contributed by atoms with E-state index in [1.54, 1.807) is 13.0 Å². The van der Waals surface area contributed by atoms with Gasteiger partial charge < -0.3 is 9.29 Å². The molecule has 0 radical (unpaired) electrons. The maximum absolute atomic E-state index is 11.6. The summed E-state index contributed by atoms with van der Waals surface area (Å²) in [5, 5.41) is 0. The van der Waals surface area contributed by atoms with E-state index in [1.165, 1.54) is 7.11 Å². The van der Waals surface area contributed by atoms with Crippen molar-refractivity contribution in [1.82, 2.24) is 0 Å². The zero-order valence-electron chi connectivity index (χ0n) is 11.6. The van der Waals surface area contributed by atoms with Crippen LogP contribution in [0.2, 0.25) is 0 Å². The van der Waals surface area contributed by atoms with Crippen molar-refractivity contribution >= 4 is 17.0 Å². The monoisotopic (exact) mass is 284 g/mol. The number of carbonyl (C=O) groups excluding carboxylic acids is 1. The van der Waals surface area contributed by atoms with Gasteiger partial charge in [0.05, 0.1) is 18.4 Å². The quantitative estimate of drug-likeness (QED) is 0.644. The van der Waals surface area contributed by atoms with Gasteiger partial charge in [0.15, 0.2) is 11.1 Å². The summed E-state index contributed by atoms with van der Waals surface area (Å²) >= 11 is -1.92. The number of esters is 1. The highest BCUT2D eigenvalue weighted by atomic mass is 32.2. The number of methoxy groups -OCH3 is 1. The van der Waals surface area contributed by atoms with E-state index in [-0.39, 0.29) is 5.75 Å². The third kappa shape index (κ3) is 4.14. The highest BCUT2D eigenvalue weighted by molar-refractivity contribution is 7.78. The molecule has 0 aliphatic heterocycles. The zero-order valence-corrected chi connectivity index (χ0v) is 12.4. The lowest BCUT2D eigenvalue weighted by molar-refractivity contribution is 0.0599. The van der Waals surface area contributed by atoms with Gasteiger partial charge in [-0.05, 0) is 42.5 Å². The molecule has 0 saturated heterocycles. The van der Waals surface area contributed by atoms with Crippen LogP contribution in [0.15, 0.2) is 12.1 Å². The molecule has 1 N–H and O–H groups in total. The second-order valence-corrected chi connectivity index (χ2v) is 5.37. The first-order valence-electron chi connectivity index (χ1n) is 6.28. The zero-order chi connectivity index (χ0) is 14.4. The largest absolute Gasteiger partial charge is 0.465 e. The van der Waals surface area contributed by atoms with Crippen LogP contribution in [0.5, 0.6) is 0 Å². The molecule has 0 aromatic heterocycles. The van der Waals surface area contributed by atoms with Crippen LogP contribution in [0.1, 0.15) is 46.8 Å². The number of unbranched alkanes of at least 4 members (excludes halogenated alkanes) is 1. The van der Waals surface area contributed by atoms with Crippen LogP contribution in [0, 0.1) is 6.92 Å². The second kappa shape index (κ2) is 7.40. The molecule has 4 nitrogen and oxygen atoms in total. The molecule has 1 rings (SSSR count). The molecule has 0 fully saturated rings. The third-order valence-electron chi connectivity index (χ3n) is 3.17. The van der Waals surface area contributed by atoms with Gasteiger partial charge in [-0.2, -0.15) is 0 Å². The summed E-state index contributed by atoms with van der Waals surface area (Å²) in [6, 6.07) is 3.59. The summed E-state index contributed by atoms with van der Waals surface area (Å²) in [7, 11) is 1.33. The van der Waals surface area contributed by atoms with Gasteiger partial charge in [0.25, 0.3) is 0 Å². The lowest BCUT2D eigenvalue weighted by atomic mass is 9.95. The van der Waals surface area contributed by atoms with Crippen LogP contribution < -0.4 is 0 Å². The van der Waals surface area contributed by atoms with E-state index in [0.29, 0.717) is 5.56 Å². The minimum Gasteiger partial charge on any atom is -0.465 e. The van der Waals surface area contributed by atoms with Crippen LogP contribution in [0.3, 0.4) is 0 Å². The fourth-order valence-corrected chi connectivity index (χ4v) is 2.72. The van der Waals surface area contributed by atoms with Crippen LogP contribution in [0.4, 0.5) is 0 Å². The smallest absolute Gasteiger partial charge is 0.338 e. The van der Waals surface area contributed by atoms with Gasteiger partial charge in [0, 0.05) is 0 Å². The van der Waals surface area contributed by atoms with E-state index in [9.17, 15) is 9.00 Å². The van der Waals surface area contributed by atoms with Crippen molar-refractivity contribution in [2.75, 3.05) is 7.11 Å². The first-order chi connectivity index (χ1) is 9.01. The van der Waals surface area contributed by atoms with Crippen molar-refractivity contribution in [3.63, 3.8) is 0 Å². The summed E-state index contributed by atoms with van der Waals surface area (Å²) in [6.07, 6.45) is 2.92. The maximum Gasteiger partial charge on any atom is 0.338 e. The summed E-state index contributed by atoms with van der Waals surface area (Å²) in [5.74, 6) is -0.361. The van der Waals surface area contributed by atoms with Crippen molar-refractivity contribution in [2.45, 2.75) is 38.9 Å². The molecule has 1 atom stereocenters. The number of carbonyl (C=O) groups is 1. The van der Waals surface area contributed by atoms with E-state index >= 15 is 0 Å². The predicted octanol–water partition coefficient (Wildman–Crippen LogP) is 2.85. The SMILES string of the molecule is CCCCc1ccc(C(=O)OC)c(C)c1CS(=O)O. The van der Waals surface area contributed by atoms with E-state index in [1.807, 2.05) is 6.07 Å². The number of rotatable bonds is 6. The molecule has 0 spiro atoms. The average molecular weight is 284 g/mol. The lowest BCUT2D eigenvalue weighted by Crippen LogP contribution is -2.09. The number of aryl methyl sites for hydroxylation is 1. The summed E-state index contributed by atoms with van der Waals surface area (Å²) in [4.78, 5) is 11.6. The Bertz CT molecular complexity index is 483. The third-order valence-corrected chi connectivity index (χ3v) is 3.70. The maximum atomic E-state index is 11.6. The van der Waals surface area contributed by atoms with Crippen molar-refractivity contribution in [3.05, 3.63) is 34.4 Å². The van der Waals surface area contributed by atoms with Crippen LogP contribution in [-0.2, 0) is 28.0 Å². The second-order valence-electron chi connectivity index (χ2n) is 4.44. The fraction of sp³-hybridized carbons (Fsp3) is 0.500. The summed E-state index contributed by atoms with van der Waals surface area (Å²) in [6.45, 7) is 3.89. The number of benzene rings is 1. The van der Waals surface area contributed by atoms with Crippen molar-refractivity contribution in [2.24, 2.45) is 0 Å². The molecule has 0 aliphatic rings. The van der Waals surface area contributed by atoms with Crippen molar-refractivity contribution in [3.8, 4) is 0 Å². The Morgan fingerprint density at radius 2 is 2.11 bits per heavy atom. The molecule has 0 saturated carbocycles. The van der Waals surface area contributed by atoms with Gasteiger partial charge in [0.1, 0.15) is 0 Å². The minimum absolute atomic E-state index is 0.0513. The molecule has 0 aliphatic carbocycles. The molecule has 0 amide bonds. The fourth-order valence-electron chi connectivity index (χ4n) is 2.07. The van der Waals surface area contributed by atoms with E-state index < -0.39 is 17.0 Å². The minimum atomic E-state index is -1.92. The molecule has 0 bridgehead atoms. The van der Waals surface area contributed by atoms with Gasteiger partial charge in [-0.15, -0.1) is 0 Å². The normalized spacial score (nSPS) is 12.2. The summed E-state index contributed by atoms with van der Waals surface area (Å²) in [5.41, 5.74) is 3.03. The number of hydrogen-bond acceptors (Lipinski definition) is 3. The first-order valence-corrected chi connectivity index (χ1v) is 7.56. The van der Waals surface area contributed by atoms with E-state index in [0.717, 1.165) is 36.0 Å². The summed E-state index contributed by atoms with van der Waals surface area (Å²) < 4.78 is 24.9. The lowest BCUT2D eigenvalue weighted by Gasteiger charge is -2.14. The Morgan fingerprint density at radius 1 is 1.42 bits per heavy atom. The standard InChI is InChI=1S/C14H20O4S/c1-4-5-6-11-7-8-12(14(15)18-3)10(2)13(11)9-19(16)17/h7-8H,4-6,9H2,1-3H3,(H,16,17). The van der Waals surface area contributed by atoms with Gasteiger partial charge in [-0.1, -0.05) is 19.4 Å². The first kappa shape index (κ1) is 15.9. The molecule has 1 unspecified atom stereocenters. The van der Waals surface area contributed by atoms with Gasteiger partial charge in [-0.25, -0.2) is 9.00 Å². The average Bonchev–Trinajstić information content (AvgIpc) is 2.38. The predicted molar refractivity (Wildman–Crippen MR) is 75.6 cm³/mol. The van der Waals surface area contributed by atoms with Gasteiger partial charge in [0.2, 0.25) is 0 Å². The van der Waals surface area contributed by atoms with Crippen molar-refractivity contribution < 1.29 is 18.3 Å². The Kier molecular flexibility index (Phi) is 6.18. The van der Waals surface area contributed by atoms with Gasteiger partial charge >= 0.3 is 5.97 Å². The Hall–Kier alpha value is -1.20. The molecule has 1 aromatic rings. The van der Waals surface area contributed by atoms with Gasteiger partial charge in [-0.3, -0.25) is 0 Å². The number of ether oxygens (including phenoxy) is 1. The Morgan fingerprint density at radius 3 is 2.63 bits per heavy atom. The Balaban J connectivity index is 3.23. The highest BCUT2D eigenvalue weighted by Crippen LogP contribution is 2.22. The highest BCUT2D eigenvalue weighted by Gasteiger charge is 2.16. The van der Waals surface area contributed by atoms with Crippen LogP contribution in [-0.4, -0.2) is 21.8 Å². The van der Waals surface area contributed by atoms with Crippen LogP contribution in [0.25, 0.3) is 0 Å². The molecule has 1 aromatic carbocycles. The molecular weight excluding hydrogens is 264 g/mol. The molecule has 5 heteroatoms. The van der Waals surface area contributed by atoms with Crippen molar-refractivity contribution in [1.29, 1.82) is 0 Å². The molecule has 19 heavy (non-hydrogen) atoms. The van der Waals surface area contributed by atoms with Crippen LogP contribution >= 0.6 is 0 Å². The topological polar surface area (TPSA) is 63.6 Å². The molecule has 106 valence electrons. The van der Waals surface area contributed by atoms with E-state index in [2.05, 4.69) is 6.92 Å².